The Hall–Kier alpha value is -2.80. The molecule has 136 valence electrons. The zero-order valence-corrected chi connectivity index (χ0v) is 15.0. The van der Waals surface area contributed by atoms with Crippen LogP contribution in [0.25, 0.3) is 0 Å². The van der Waals surface area contributed by atoms with E-state index in [4.69, 9.17) is 16.3 Å². The maximum absolute atomic E-state index is 12.7. The number of piperazine rings is 1. The number of benzene rings is 2. The molecular weight excluding hydrogens is 358 g/mol. The molecule has 1 amide bonds. The van der Waals surface area contributed by atoms with Crippen LogP contribution in [0.3, 0.4) is 0 Å². The minimum absolute atomic E-state index is 0.0281. The van der Waals surface area contributed by atoms with Gasteiger partial charge < -0.3 is 14.5 Å². The SMILES string of the molecule is COc1ccc(N2CCN(C(=O)c3cc(Cl)ccc3[N+](=O)[O-])CC2)cc1. The van der Waals surface area contributed by atoms with Gasteiger partial charge in [-0.15, -0.1) is 0 Å². The first-order valence-electron chi connectivity index (χ1n) is 8.12. The van der Waals surface area contributed by atoms with Gasteiger partial charge in [-0.05, 0) is 36.4 Å². The Morgan fingerprint density at radius 1 is 1.12 bits per heavy atom. The first-order valence-corrected chi connectivity index (χ1v) is 8.49. The highest BCUT2D eigenvalue weighted by Crippen LogP contribution is 2.26. The second kappa shape index (κ2) is 7.61. The average Bonchev–Trinajstić information content (AvgIpc) is 2.67. The molecule has 1 heterocycles. The Labute approximate surface area is 155 Å². The molecule has 2 aromatic rings. The number of amides is 1. The lowest BCUT2D eigenvalue weighted by molar-refractivity contribution is -0.385. The van der Waals surface area contributed by atoms with Crippen LogP contribution in [0.1, 0.15) is 10.4 Å². The number of methoxy groups -OCH3 is 1. The number of halogens is 1. The maximum Gasteiger partial charge on any atom is 0.282 e. The van der Waals surface area contributed by atoms with E-state index in [2.05, 4.69) is 4.90 Å². The van der Waals surface area contributed by atoms with Gasteiger partial charge in [-0.1, -0.05) is 11.6 Å². The fraction of sp³-hybridized carbons (Fsp3) is 0.278. The van der Waals surface area contributed by atoms with E-state index in [-0.39, 0.29) is 17.2 Å². The lowest BCUT2D eigenvalue weighted by Crippen LogP contribution is -2.48. The number of hydrogen-bond acceptors (Lipinski definition) is 5. The molecule has 1 aliphatic rings. The van der Waals surface area contributed by atoms with Gasteiger partial charge in [0, 0.05) is 43.0 Å². The highest BCUT2D eigenvalue weighted by Gasteiger charge is 2.27. The summed E-state index contributed by atoms with van der Waals surface area (Å²) in [5.74, 6) is 0.421. The molecule has 0 radical (unpaired) electrons. The van der Waals surface area contributed by atoms with Crippen LogP contribution in [-0.4, -0.2) is 49.0 Å². The van der Waals surface area contributed by atoms with Crippen molar-refractivity contribution in [1.82, 2.24) is 4.90 Å². The van der Waals surface area contributed by atoms with E-state index in [1.807, 2.05) is 24.3 Å². The normalized spacial score (nSPS) is 14.2. The fourth-order valence-electron chi connectivity index (χ4n) is 2.97. The summed E-state index contributed by atoms with van der Waals surface area (Å²) in [7, 11) is 1.62. The summed E-state index contributed by atoms with van der Waals surface area (Å²) in [4.78, 5) is 27.1. The summed E-state index contributed by atoms with van der Waals surface area (Å²) in [6.45, 7) is 2.25. The smallest absolute Gasteiger partial charge is 0.282 e. The van der Waals surface area contributed by atoms with E-state index in [0.717, 1.165) is 11.4 Å². The summed E-state index contributed by atoms with van der Waals surface area (Å²) in [5, 5.41) is 11.5. The van der Waals surface area contributed by atoms with Crippen LogP contribution in [0.4, 0.5) is 11.4 Å². The predicted molar refractivity (Wildman–Crippen MR) is 99.2 cm³/mol. The van der Waals surface area contributed by atoms with Crippen molar-refractivity contribution in [3.05, 3.63) is 63.2 Å². The fourth-order valence-corrected chi connectivity index (χ4v) is 3.14. The third-order valence-corrected chi connectivity index (χ3v) is 4.63. The number of nitro groups is 1. The standard InChI is InChI=1S/C18H18ClN3O4/c1-26-15-5-3-14(4-6-15)20-8-10-21(11-9-20)18(23)16-12-13(19)2-7-17(16)22(24)25/h2-7,12H,8-11H2,1H3. The molecule has 0 bridgehead atoms. The molecule has 0 aromatic heterocycles. The molecular formula is C18H18ClN3O4. The Morgan fingerprint density at radius 3 is 2.35 bits per heavy atom. The van der Waals surface area contributed by atoms with E-state index >= 15 is 0 Å². The number of anilines is 1. The van der Waals surface area contributed by atoms with Gasteiger partial charge in [-0.2, -0.15) is 0 Å². The Morgan fingerprint density at radius 2 is 1.77 bits per heavy atom. The average molecular weight is 376 g/mol. The molecule has 7 nitrogen and oxygen atoms in total. The van der Waals surface area contributed by atoms with E-state index in [1.165, 1.54) is 18.2 Å². The van der Waals surface area contributed by atoms with Crippen LogP contribution in [0.2, 0.25) is 5.02 Å². The van der Waals surface area contributed by atoms with E-state index in [0.29, 0.717) is 31.2 Å². The molecule has 1 fully saturated rings. The first-order chi connectivity index (χ1) is 12.5. The van der Waals surface area contributed by atoms with Crippen LogP contribution < -0.4 is 9.64 Å². The van der Waals surface area contributed by atoms with Crippen LogP contribution in [0.15, 0.2) is 42.5 Å². The molecule has 3 rings (SSSR count). The number of rotatable bonds is 4. The van der Waals surface area contributed by atoms with Crippen molar-refractivity contribution in [2.24, 2.45) is 0 Å². The van der Waals surface area contributed by atoms with Crippen molar-refractivity contribution in [2.75, 3.05) is 38.2 Å². The summed E-state index contributed by atoms with van der Waals surface area (Å²) in [6.07, 6.45) is 0. The summed E-state index contributed by atoms with van der Waals surface area (Å²) in [6, 6.07) is 11.8. The second-order valence-corrected chi connectivity index (χ2v) is 6.33. The molecule has 0 aliphatic carbocycles. The highest BCUT2D eigenvalue weighted by molar-refractivity contribution is 6.31. The summed E-state index contributed by atoms with van der Waals surface area (Å²) >= 11 is 5.92. The molecule has 2 aromatic carbocycles. The van der Waals surface area contributed by atoms with Crippen LogP contribution in [0, 0.1) is 10.1 Å². The predicted octanol–water partition coefficient (Wildman–Crippen LogP) is 3.22. The maximum atomic E-state index is 12.7. The van der Waals surface area contributed by atoms with Crippen molar-refractivity contribution in [1.29, 1.82) is 0 Å². The van der Waals surface area contributed by atoms with Gasteiger partial charge in [0.15, 0.2) is 0 Å². The summed E-state index contributed by atoms with van der Waals surface area (Å²) in [5.41, 5.74) is 0.851. The number of carbonyl (C=O) groups excluding carboxylic acids is 1. The van der Waals surface area contributed by atoms with E-state index < -0.39 is 4.92 Å². The summed E-state index contributed by atoms with van der Waals surface area (Å²) < 4.78 is 5.16. The van der Waals surface area contributed by atoms with Crippen LogP contribution in [-0.2, 0) is 0 Å². The monoisotopic (exact) mass is 375 g/mol. The van der Waals surface area contributed by atoms with Gasteiger partial charge >= 0.3 is 0 Å². The molecule has 8 heteroatoms. The van der Waals surface area contributed by atoms with Gasteiger partial charge in [0.05, 0.1) is 12.0 Å². The van der Waals surface area contributed by atoms with Crippen LogP contribution in [0.5, 0.6) is 5.75 Å². The van der Waals surface area contributed by atoms with E-state index in [9.17, 15) is 14.9 Å². The zero-order chi connectivity index (χ0) is 18.7. The van der Waals surface area contributed by atoms with Crippen molar-refractivity contribution in [2.45, 2.75) is 0 Å². The van der Waals surface area contributed by atoms with Crippen molar-refractivity contribution >= 4 is 28.9 Å². The Balaban J connectivity index is 1.70. The molecule has 0 atom stereocenters. The Bertz CT molecular complexity index is 818. The topological polar surface area (TPSA) is 75.9 Å². The number of nitro benzene ring substituents is 1. The molecule has 26 heavy (non-hydrogen) atoms. The largest absolute Gasteiger partial charge is 0.497 e. The van der Waals surface area contributed by atoms with Gasteiger partial charge in [-0.3, -0.25) is 14.9 Å². The number of carbonyl (C=O) groups is 1. The number of ether oxygens (including phenoxy) is 1. The highest BCUT2D eigenvalue weighted by atomic mass is 35.5. The minimum atomic E-state index is -0.558. The second-order valence-electron chi connectivity index (χ2n) is 5.90. The number of hydrogen-bond donors (Lipinski definition) is 0. The molecule has 0 unspecified atom stereocenters. The minimum Gasteiger partial charge on any atom is -0.497 e. The molecule has 0 N–H and O–H groups in total. The quantitative estimate of drug-likeness (QED) is 0.605. The van der Waals surface area contributed by atoms with Crippen molar-refractivity contribution in [3.8, 4) is 5.75 Å². The Kier molecular flexibility index (Phi) is 5.27. The third-order valence-electron chi connectivity index (χ3n) is 4.39. The van der Waals surface area contributed by atoms with Crippen molar-refractivity contribution < 1.29 is 14.5 Å². The van der Waals surface area contributed by atoms with Crippen LogP contribution >= 0.6 is 11.6 Å². The third kappa shape index (κ3) is 3.72. The molecule has 1 aliphatic heterocycles. The van der Waals surface area contributed by atoms with Gasteiger partial charge in [0.1, 0.15) is 11.3 Å². The molecule has 0 saturated carbocycles. The van der Waals surface area contributed by atoms with E-state index in [1.54, 1.807) is 12.0 Å². The molecule has 0 spiro atoms. The molecule has 1 saturated heterocycles. The first kappa shape index (κ1) is 18.0. The van der Waals surface area contributed by atoms with Gasteiger partial charge in [0.2, 0.25) is 0 Å². The lowest BCUT2D eigenvalue weighted by atomic mass is 10.1. The van der Waals surface area contributed by atoms with Gasteiger partial charge in [0.25, 0.3) is 11.6 Å². The van der Waals surface area contributed by atoms with Gasteiger partial charge in [-0.25, -0.2) is 0 Å². The lowest BCUT2D eigenvalue weighted by Gasteiger charge is -2.36. The number of nitrogens with zero attached hydrogens (tertiary/aromatic N) is 3. The zero-order valence-electron chi connectivity index (χ0n) is 14.2. The van der Waals surface area contributed by atoms with Crippen molar-refractivity contribution in [3.63, 3.8) is 0 Å².